The first-order valence-corrected chi connectivity index (χ1v) is 11.2. The van der Waals surface area contributed by atoms with Crippen LogP contribution < -0.4 is 9.03 Å². The molecule has 0 aliphatic carbocycles. The van der Waals surface area contributed by atoms with Crippen LogP contribution in [-0.2, 0) is 26.5 Å². The van der Waals surface area contributed by atoms with Crippen molar-refractivity contribution in [2.45, 2.75) is 39.5 Å². The van der Waals surface area contributed by atoms with Gasteiger partial charge < -0.3 is 0 Å². The van der Waals surface area contributed by atoms with E-state index in [0.717, 1.165) is 12.0 Å². The van der Waals surface area contributed by atoms with Crippen LogP contribution in [0, 0.1) is 0 Å². The summed E-state index contributed by atoms with van der Waals surface area (Å²) in [5, 5.41) is 0. The van der Waals surface area contributed by atoms with Crippen molar-refractivity contribution in [1.29, 1.82) is 0 Å². The van der Waals surface area contributed by atoms with Gasteiger partial charge in [0.2, 0.25) is 20.0 Å². The van der Waals surface area contributed by atoms with E-state index in [0.29, 0.717) is 37.2 Å². The Kier molecular flexibility index (Phi) is 5.57. The summed E-state index contributed by atoms with van der Waals surface area (Å²) >= 11 is 0. The molecule has 130 valence electrons. The van der Waals surface area contributed by atoms with Gasteiger partial charge in [0.05, 0.1) is 22.9 Å². The highest BCUT2D eigenvalue weighted by molar-refractivity contribution is 7.93. The van der Waals surface area contributed by atoms with Crippen molar-refractivity contribution >= 4 is 31.4 Å². The van der Waals surface area contributed by atoms with Crippen molar-refractivity contribution in [2.24, 2.45) is 0 Å². The predicted molar refractivity (Wildman–Crippen MR) is 93.9 cm³/mol. The lowest BCUT2D eigenvalue weighted by Gasteiger charge is -2.20. The molecule has 2 rings (SSSR count). The van der Waals surface area contributed by atoms with Crippen LogP contribution in [0.5, 0.6) is 0 Å². The Morgan fingerprint density at radius 1 is 1.09 bits per heavy atom. The Morgan fingerprint density at radius 2 is 1.83 bits per heavy atom. The van der Waals surface area contributed by atoms with Crippen LogP contribution in [0.4, 0.5) is 11.4 Å². The highest BCUT2D eigenvalue weighted by Gasteiger charge is 2.29. The molecule has 0 fully saturated rings. The van der Waals surface area contributed by atoms with Gasteiger partial charge in [0.25, 0.3) is 0 Å². The van der Waals surface area contributed by atoms with Crippen LogP contribution in [0.15, 0.2) is 18.2 Å². The summed E-state index contributed by atoms with van der Waals surface area (Å²) < 4.78 is 52.6. The summed E-state index contributed by atoms with van der Waals surface area (Å²) in [6.07, 6.45) is 2.62. The molecule has 23 heavy (non-hydrogen) atoms. The van der Waals surface area contributed by atoms with E-state index < -0.39 is 20.0 Å². The molecule has 6 nitrogen and oxygen atoms in total. The SMILES string of the molecule is CCCCS(=O)(=O)N1CCc2ccc(NS(=O)(=O)CCC)cc21. The van der Waals surface area contributed by atoms with E-state index in [1.54, 1.807) is 25.1 Å². The minimum absolute atomic E-state index is 0.0442. The van der Waals surface area contributed by atoms with Crippen molar-refractivity contribution < 1.29 is 16.8 Å². The molecule has 1 aliphatic rings. The van der Waals surface area contributed by atoms with Crippen LogP contribution in [0.1, 0.15) is 38.7 Å². The van der Waals surface area contributed by atoms with Gasteiger partial charge in [-0.2, -0.15) is 0 Å². The average molecular weight is 361 g/mol. The maximum atomic E-state index is 12.4. The first kappa shape index (κ1) is 18.1. The highest BCUT2D eigenvalue weighted by Crippen LogP contribution is 2.33. The number of nitrogens with zero attached hydrogens (tertiary/aromatic N) is 1. The number of benzene rings is 1. The molecule has 0 bridgehead atoms. The second-order valence-corrected chi connectivity index (χ2v) is 9.61. The number of hydrogen-bond donors (Lipinski definition) is 1. The molecular formula is C15H24N2O4S2. The fourth-order valence-electron chi connectivity index (χ4n) is 2.64. The van der Waals surface area contributed by atoms with E-state index in [2.05, 4.69) is 4.72 Å². The summed E-state index contributed by atoms with van der Waals surface area (Å²) in [6.45, 7) is 4.17. The topological polar surface area (TPSA) is 83.6 Å². The van der Waals surface area contributed by atoms with Gasteiger partial charge in [-0.3, -0.25) is 9.03 Å². The molecule has 8 heteroatoms. The van der Waals surface area contributed by atoms with Gasteiger partial charge in [-0.25, -0.2) is 16.8 Å². The lowest BCUT2D eigenvalue weighted by molar-refractivity contribution is 0.588. The molecule has 1 aliphatic heterocycles. The molecule has 1 aromatic rings. The molecule has 1 N–H and O–H groups in total. The van der Waals surface area contributed by atoms with Crippen LogP contribution in [-0.4, -0.2) is 34.9 Å². The molecule has 0 spiro atoms. The molecule has 0 saturated carbocycles. The first-order valence-electron chi connectivity index (χ1n) is 7.93. The smallest absolute Gasteiger partial charge is 0.235 e. The van der Waals surface area contributed by atoms with E-state index in [9.17, 15) is 16.8 Å². The van der Waals surface area contributed by atoms with Crippen molar-refractivity contribution in [1.82, 2.24) is 0 Å². The zero-order valence-electron chi connectivity index (χ0n) is 13.6. The Hall–Kier alpha value is -1.28. The lowest BCUT2D eigenvalue weighted by Crippen LogP contribution is -2.31. The summed E-state index contributed by atoms with van der Waals surface area (Å²) in [4.78, 5) is 0. The number of sulfonamides is 2. The molecule has 0 aromatic heterocycles. The molecule has 1 aromatic carbocycles. The summed E-state index contributed by atoms with van der Waals surface area (Å²) in [7, 11) is -6.74. The largest absolute Gasteiger partial charge is 0.283 e. The van der Waals surface area contributed by atoms with Crippen molar-refractivity contribution in [3.05, 3.63) is 23.8 Å². The van der Waals surface area contributed by atoms with E-state index in [1.807, 2.05) is 6.92 Å². The van der Waals surface area contributed by atoms with Crippen molar-refractivity contribution in [2.75, 3.05) is 27.1 Å². The second kappa shape index (κ2) is 7.09. The molecule has 0 unspecified atom stereocenters. The number of hydrogen-bond acceptors (Lipinski definition) is 4. The summed E-state index contributed by atoms with van der Waals surface area (Å²) in [5.74, 6) is 0.164. The van der Waals surface area contributed by atoms with Crippen LogP contribution in [0.2, 0.25) is 0 Å². The van der Waals surface area contributed by atoms with Crippen LogP contribution >= 0.6 is 0 Å². The normalized spacial score (nSPS) is 14.8. The zero-order valence-corrected chi connectivity index (χ0v) is 15.2. The number of unbranched alkanes of at least 4 members (excludes halogenated alkanes) is 1. The molecule has 0 radical (unpaired) electrons. The highest BCUT2D eigenvalue weighted by atomic mass is 32.2. The Labute approximate surface area is 139 Å². The third-order valence-corrected chi connectivity index (χ3v) is 7.12. The number of nitrogens with one attached hydrogen (secondary N) is 1. The minimum atomic E-state index is -3.39. The molecule has 0 atom stereocenters. The van der Waals surface area contributed by atoms with Gasteiger partial charge in [-0.05, 0) is 37.0 Å². The first-order chi connectivity index (χ1) is 10.8. The van der Waals surface area contributed by atoms with Gasteiger partial charge in [-0.1, -0.05) is 26.3 Å². The quantitative estimate of drug-likeness (QED) is 0.771. The maximum absolute atomic E-state index is 12.4. The van der Waals surface area contributed by atoms with E-state index >= 15 is 0 Å². The van der Waals surface area contributed by atoms with Crippen molar-refractivity contribution in [3.8, 4) is 0 Å². The minimum Gasteiger partial charge on any atom is -0.283 e. The van der Waals surface area contributed by atoms with E-state index in [1.165, 1.54) is 4.31 Å². The Balaban J connectivity index is 2.27. The third kappa shape index (κ3) is 4.38. The average Bonchev–Trinajstić information content (AvgIpc) is 2.88. The zero-order chi connectivity index (χ0) is 17.1. The Morgan fingerprint density at radius 3 is 2.48 bits per heavy atom. The predicted octanol–water partition coefficient (Wildman–Crippen LogP) is 2.33. The van der Waals surface area contributed by atoms with Crippen LogP contribution in [0.25, 0.3) is 0 Å². The Bertz CT molecular complexity index is 758. The van der Waals surface area contributed by atoms with E-state index in [-0.39, 0.29) is 11.5 Å². The summed E-state index contributed by atoms with van der Waals surface area (Å²) in [6, 6.07) is 5.11. The second-order valence-electron chi connectivity index (χ2n) is 5.76. The van der Waals surface area contributed by atoms with Gasteiger partial charge in [-0.15, -0.1) is 0 Å². The number of rotatable bonds is 8. The van der Waals surface area contributed by atoms with Crippen LogP contribution in [0.3, 0.4) is 0 Å². The van der Waals surface area contributed by atoms with Gasteiger partial charge in [0.1, 0.15) is 0 Å². The third-order valence-electron chi connectivity index (χ3n) is 3.78. The fraction of sp³-hybridized carbons (Fsp3) is 0.600. The fourth-order valence-corrected chi connectivity index (χ4v) is 5.48. The van der Waals surface area contributed by atoms with Crippen molar-refractivity contribution in [3.63, 3.8) is 0 Å². The molecular weight excluding hydrogens is 336 g/mol. The molecule has 0 amide bonds. The number of anilines is 2. The molecule has 1 heterocycles. The maximum Gasteiger partial charge on any atom is 0.235 e. The number of fused-ring (bicyclic) bond motifs is 1. The standard InChI is InChI=1S/C15H24N2O4S2/c1-3-5-11-23(20,21)17-9-8-13-6-7-14(12-15(13)17)16-22(18,19)10-4-2/h6-7,12,16H,3-5,8-11H2,1-2H3. The molecule has 0 saturated heterocycles. The van der Waals surface area contributed by atoms with E-state index in [4.69, 9.17) is 0 Å². The van der Waals surface area contributed by atoms with Gasteiger partial charge >= 0.3 is 0 Å². The monoisotopic (exact) mass is 360 g/mol. The summed E-state index contributed by atoms with van der Waals surface area (Å²) in [5.41, 5.74) is 1.94. The van der Waals surface area contributed by atoms with Gasteiger partial charge in [0, 0.05) is 6.54 Å². The van der Waals surface area contributed by atoms with Gasteiger partial charge in [0.15, 0.2) is 0 Å². The lowest BCUT2D eigenvalue weighted by atomic mass is 10.1.